The third-order valence-corrected chi connectivity index (χ3v) is 11.6. The zero-order chi connectivity index (χ0) is 39.1. The van der Waals surface area contributed by atoms with Crippen LogP contribution in [0.1, 0.15) is 0 Å². The van der Waals surface area contributed by atoms with Crippen molar-refractivity contribution in [3.8, 4) is 44.5 Å². The van der Waals surface area contributed by atoms with Gasteiger partial charge in [0.1, 0.15) is 5.82 Å². The first-order valence-electron chi connectivity index (χ1n) is 20.1. The van der Waals surface area contributed by atoms with Crippen molar-refractivity contribution >= 4 is 60.3 Å². The molecule has 0 atom stereocenters. The number of fused-ring (bicyclic) bond motifs is 4. The van der Waals surface area contributed by atoms with Gasteiger partial charge in [0.25, 0.3) is 0 Å². The van der Waals surface area contributed by atoms with Gasteiger partial charge in [-0.25, -0.2) is 4.98 Å². The minimum atomic E-state index is 0.889. The molecule has 0 unspecified atom stereocenters. The minimum absolute atomic E-state index is 0.889. The van der Waals surface area contributed by atoms with E-state index in [-0.39, 0.29) is 0 Å². The number of anilines is 3. The highest BCUT2D eigenvalue weighted by atomic mass is 15.2. The molecule has 0 N–H and O–H groups in total. The van der Waals surface area contributed by atoms with Crippen molar-refractivity contribution in [3.63, 3.8) is 0 Å². The molecule has 2 heterocycles. The maximum absolute atomic E-state index is 4.95. The lowest BCUT2D eigenvalue weighted by Gasteiger charge is -2.26. The van der Waals surface area contributed by atoms with E-state index in [0.29, 0.717) is 0 Å². The number of nitrogens with zero attached hydrogens (tertiary/aromatic N) is 3. The third kappa shape index (κ3) is 6.08. The molecule has 9 aromatic carbocycles. The Balaban J connectivity index is 0.982. The van der Waals surface area contributed by atoms with Crippen molar-refractivity contribution in [3.05, 3.63) is 225 Å². The second-order valence-corrected chi connectivity index (χ2v) is 15.0. The fraction of sp³-hybridized carbons (Fsp3) is 0. The molecule has 0 spiro atoms. The van der Waals surface area contributed by atoms with Crippen LogP contribution in [0.3, 0.4) is 0 Å². The van der Waals surface area contributed by atoms with Gasteiger partial charge in [0.15, 0.2) is 0 Å². The van der Waals surface area contributed by atoms with E-state index in [4.69, 9.17) is 4.98 Å². The van der Waals surface area contributed by atoms with Crippen LogP contribution in [-0.2, 0) is 0 Å². The van der Waals surface area contributed by atoms with Gasteiger partial charge in [-0.15, -0.1) is 0 Å². The molecule has 3 heteroatoms. The van der Waals surface area contributed by atoms with E-state index in [2.05, 4.69) is 210 Å². The maximum Gasteiger partial charge on any atom is 0.145 e. The molecule has 0 aliphatic rings. The zero-order valence-electron chi connectivity index (χ0n) is 32.2. The van der Waals surface area contributed by atoms with E-state index in [1.165, 1.54) is 54.6 Å². The average Bonchev–Trinajstić information content (AvgIpc) is 3.31. The first-order chi connectivity index (χ1) is 29.3. The summed E-state index contributed by atoms with van der Waals surface area (Å²) < 4.78 is 0. The molecule has 276 valence electrons. The summed E-state index contributed by atoms with van der Waals surface area (Å²) in [7, 11) is 0. The smallest absolute Gasteiger partial charge is 0.145 e. The molecule has 0 saturated heterocycles. The van der Waals surface area contributed by atoms with E-state index in [1.54, 1.807) is 6.20 Å². The molecule has 11 rings (SSSR count). The highest BCUT2D eigenvalue weighted by molar-refractivity contribution is 6.23. The first kappa shape index (κ1) is 34.4. The fourth-order valence-electron chi connectivity index (χ4n) is 8.82. The van der Waals surface area contributed by atoms with Crippen LogP contribution in [-0.4, -0.2) is 9.97 Å². The highest BCUT2D eigenvalue weighted by Crippen LogP contribution is 2.46. The predicted molar refractivity (Wildman–Crippen MR) is 248 cm³/mol. The average molecular weight is 752 g/mol. The molecule has 11 aromatic rings. The van der Waals surface area contributed by atoms with E-state index in [0.717, 1.165) is 50.2 Å². The Morgan fingerprint density at radius 2 is 0.780 bits per heavy atom. The van der Waals surface area contributed by atoms with Gasteiger partial charge in [0, 0.05) is 35.4 Å². The van der Waals surface area contributed by atoms with Gasteiger partial charge in [-0.3, -0.25) is 9.88 Å². The summed E-state index contributed by atoms with van der Waals surface area (Å²) in [4.78, 5) is 11.5. The molecule has 0 amide bonds. The van der Waals surface area contributed by atoms with Gasteiger partial charge < -0.3 is 0 Å². The second-order valence-electron chi connectivity index (χ2n) is 15.0. The second kappa shape index (κ2) is 14.6. The lowest BCUT2D eigenvalue weighted by Crippen LogP contribution is -2.12. The van der Waals surface area contributed by atoms with E-state index >= 15 is 0 Å². The zero-order valence-corrected chi connectivity index (χ0v) is 32.2. The van der Waals surface area contributed by atoms with Crippen molar-refractivity contribution in [2.45, 2.75) is 0 Å². The van der Waals surface area contributed by atoms with Crippen LogP contribution in [0.4, 0.5) is 17.2 Å². The molecule has 0 radical (unpaired) electrons. The maximum atomic E-state index is 4.95. The Kier molecular flexibility index (Phi) is 8.49. The van der Waals surface area contributed by atoms with Gasteiger partial charge >= 0.3 is 0 Å². The lowest BCUT2D eigenvalue weighted by molar-refractivity contribution is 1.20. The largest absolute Gasteiger partial charge is 0.295 e. The van der Waals surface area contributed by atoms with Crippen LogP contribution in [0, 0.1) is 0 Å². The number of rotatable bonds is 7. The van der Waals surface area contributed by atoms with Crippen LogP contribution in [0.2, 0.25) is 0 Å². The molecule has 0 bridgehead atoms. The lowest BCUT2D eigenvalue weighted by atomic mass is 9.84. The number of hydrogen-bond acceptors (Lipinski definition) is 3. The minimum Gasteiger partial charge on any atom is -0.295 e. The summed E-state index contributed by atoms with van der Waals surface area (Å²) >= 11 is 0. The summed E-state index contributed by atoms with van der Waals surface area (Å²) in [5, 5.41) is 9.78. The molecular weight excluding hydrogens is 715 g/mol. The van der Waals surface area contributed by atoms with Crippen molar-refractivity contribution in [2.24, 2.45) is 0 Å². The van der Waals surface area contributed by atoms with Crippen LogP contribution in [0.5, 0.6) is 0 Å². The van der Waals surface area contributed by atoms with Gasteiger partial charge in [-0.05, 0) is 119 Å². The molecule has 0 fully saturated rings. The highest BCUT2D eigenvalue weighted by Gasteiger charge is 2.19. The SMILES string of the molecule is c1cncc(-c2ccc(N(c3ccc(-c4ccc(-c5c6ccccc6c(-c6cccc7ccccc67)c6ccccc56)cc4)cc3)c3nccc4ccccc34)cc2)c1. The Morgan fingerprint density at radius 1 is 0.305 bits per heavy atom. The van der Waals surface area contributed by atoms with Crippen molar-refractivity contribution in [1.29, 1.82) is 0 Å². The summed E-state index contributed by atoms with van der Waals surface area (Å²) in [6.45, 7) is 0. The van der Waals surface area contributed by atoms with Crippen LogP contribution >= 0.6 is 0 Å². The topological polar surface area (TPSA) is 29.0 Å². The molecule has 0 saturated carbocycles. The van der Waals surface area contributed by atoms with Gasteiger partial charge in [-0.2, -0.15) is 0 Å². The quantitative estimate of drug-likeness (QED) is 0.152. The summed E-state index contributed by atoms with van der Waals surface area (Å²) in [5.74, 6) is 0.889. The normalized spacial score (nSPS) is 11.4. The monoisotopic (exact) mass is 751 g/mol. The standard InChI is InChI=1S/C56H37N3/c1-3-15-47-41(11-1)13-9-21-49(47)55-52-19-7-5-17-50(52)54(51-18-6-8-20-53(51)55)43-24-22-38(23-25-43)39-26-30-45(31-27-39)59(56-48-16-4-2-12-42(48)34-36-58-56)46-32-28-40(29-33-46)44-14-10-35-57-37-44/h1-37H. The van der Waals surface area contributed by atoms with Crippen LogP contribution in [0.25, 0.3) is 87.6 Å². The fourth-order valence-corrected chi connectivity index (χ4v) is 8.82. The Bertz CT molecular complexity index is 3230. The molecule has 2 aromatic heterocycles. The summed E-state index contributed by atoms with van der Waals surface area (Å²) in [6.07, 6.45) is 5.60. The van der Waals surface area contributed by atoms with Gasteiger partial charge in [0.05, 0.1) is 0 Å². The van der Waals surface area contributed by atoms with E-state index in [1.807, 2.05) is 18.5 Å². The summed E-state index contributed by atoms with van der Waals surface area (Å²) in [6, 6.07) is 74.3. The molecule has 0 aliphatic carbocycles. The molecule has 59 heavy (non-hydrogen) atoms. The van der Waals surface area contributed by atoms with Crippen molar-refractivity contribution in [2.75, 3.05) is 4.90 Å². The van der Waals surface area contributed by atoms with Crippen LogP contribution < -0.4 is 4.90 Å². The summed E-state index contributed by atoms with van der Waals surface area (Å²) in [5.41, 5.74) is 11.6. The van der Waals surface area contributed by atoms with Crippen LogP contribution in [0.15, 0.2) is 225 Å². The molecule has 3 nitrogen and oxygen atoms in total. The first-order valence-corrected chi connectivity index (χ1v) is 20.1. The number of aromatic nitrogens is 2. The Labute approximate surface area is 343 Å². The van der Waals surface area contributed by atoms with Gasteiger partial charge in [-0.1, -0.05) is 170 Å². The van der Waals surface area contributed by atoms with Crippen molar-refractivity contribution < 1.29 is 0 Å². The van der Waals surface area contributed by atoms with E-state index < -0.39 is 0 Å². The predicted octanol–water partition coefficient (Wildman–Crippen LogP) is 15.2. The number of hydrogen-bond donors (Lipinski definition) is 0. The number of benzene rings is 9. The third-order valence-electron chi connectivity index (χ3n) is 11.6. The van der Waals surface area contributed by atoms with Gasteiger partial charge in [0.2, 0.25) is 0 Å². The molecule has 0 aliphatic heterocycles. The van der Waals surface area contributed by atoms with Crippen molar-refractivity contribution in [1.82, 2.24) is 9.97 Å². The molecular formula is C56H37N3. The Morgan fingerprint density at radius 3 is 1.37 bits per heavy atom. The number of pyridine rings is 2. The Hall–Kier alpha value is -7.88. The van der Waals surface area contributed by atoms with E-state index in [9.17, 15) is 0 Å².